The summed E-state index contributed by atoms with van der Waals surface area (Å²) in [6.45, 7) is 0.631. The van der Waals surface area contributed by atoms with Crippen molar-refractivity contribution in [1.82, 2.24) is 9.97 Å². The summed E-state index contributed by atoms with van der Waals surface area (Å²) in [7, 11) is 0. The number of aliphatic hydroxyl groups excluding tert-OH is 2. The Kier molecular flexibility index (Phi) is 4.55. The Morgan fingerprint density at radius 3 is 2.53 bits per heavy atom. The van der Waals surface area contributed by atoms with E-state index >= 15 is 0 Å². The van der Waals surface area contributed by atoms with Crippen molar-refractivity contribution in [3.63, 3.8) is 0 Å². The number of aromatic nitrogens is 2. The van der Waals surface area contributed by atoms with Crippen molar-refractivity contribution in [2.45, 2.75) is 13.0 Å². The van der Waals surface area contributed by atoms with Crippen LogP contribution in [0.2, 0.25) is 5.28 Å². The molecule has 0 aliphatic rings. The Morgan fingerprint density at radius 2 is 2.06 bits per heavy atom. The van der Waals surface area contributed by atoms with Gasteiger partial charge in [0.2, 0.25) is 11.1 Å². The number of aliphatic hydroxyl groups is 2. The third-order valence-electron chi connectivity index (χ3n) is 2.00. The first-order valence-corrected chi connectivity index (χ1v) is 5.04. The molecular formula is C8H11ClN4O4. The maximum Gasteiger partial charge on any atom is 0.332 e. The van der Waals surface area contributed by atoms with Crippen molar-refractivity contribution >= 4 is 23.1 Å². The van der Waals surface area contributed by atoms with Crippen LogP contribution in [0.4, 0.5) is 11.5 Å². The average molecular weight is 263 g/mol. The van der Waals surface area contributed by atoms with Gasteiger partial charge in [-0.15, -0.1) is 0 Å². The van der Waals surface area contributed by atoms with Crippen LogP contribution in [0.15, 0.2) is 0 Å². The molecule has 1 aromatic heterocycles. The lowest BCUT2D eigenvalue weighted by molar-refractivity contribution is -0.385. The highest BCUT2D eigenvalue weighted by molar-refractivity contribution is 6.28. The van der Waals surface area contributed by atoms with Gasteiger partial charge in [0.05, 0.1) is 24.2 Å². The number of aryl methyl sites for hydroxylation is 1. The lowest BCUT2D eigenvalue weighted by Gasteiger charge is -2.14. The van der Waals surface area contributed by atoms with Gasteiger partial charge in [-0.2, -0.15) is 4.98 Å². The summed E-state index contributed by atoms with van der Waals surface area (Å²) in [5.74, 6) is -0.124. The number of rotatable bonds is 5. The molecule has 0 spiro atoms. The second kappa shape index (κ2) is 5.71. The fraction of sp³-hybridized carbons (Fsp3) is 0.500. The van der Waals surface area contributed by atoms with Crippen molar-refractivity contribution in [2.75, 3.05) is 18.5 Å². The van der Waals surface area contributed by atoms with Gasteiger partial charge in [-0.25, -0.2) is 4.98 Å². The molecule has 3 N–H and O–H groups in total. The maximum atomic E-state index is 10.8. The van der Waals surface area contributed by atoms with Gasteiger partial charge in [0.1, 0.15) is 5.69 Å². The molecule has 0 amide bonds. The zero-order valence-corrected chi connectivity index (χ0v) is 9.68. The van der Waals surface area contributed by atoms with E-state index < -0.39 is 24.2 Å². The SMILES string of the molecule is Cc1nc(Cl)nc(NC(CO)CO)c1[N+](=O)[O-]. The van der Waals surface area contributed by atoms with E-state index in [0.717, 1.165) is 0 Å². The number of nitrogens with one attached hydrogen (secondary N) is 1. The van der Waals surface area contributed by atoms with E-state index in [4.69, 9.17) is 21.8 Å². The summed E-state index contributed by atoms with van der Waals surface area (Å²) >= 11 is 5.59. The molecule has 1 heterocycles. The first kappa shape index (κ1) is 13.6. The lowest BCUT2D eigenvalue weighted by Crippen LogP contribution is -2.28. The summed E-state index contributed by atoms with van der Waals surface area (Å²) in [6.07, 6.45) is 0. The van der Waals surface area contributed by atoms with Crippen LogP contribution in [0.25, 0.3) is 0 Å². The molecule has 9 heteroatoms. The molecule has 94 valence electrons. The lowest BCUT2D eigenvalue weighted by atomic mass is 10.3. The van der Waals surface area contributed by atoms with Crippen molar-refractivity contribution in [1.29, 1.82) is 0 Å². The molecule has 0 aliphatic heterocycles. The van der Waals surface area contributed by atoms with Crippen LogP contribution in [0.3, 0.4) is 0 Å². The molecule has 0 aliphatic carbocycles. The first-order chi connectivity index (χ1) is 7.99. The van der Waals surface area contributed by atoms with E-state index in [1.54, 1.807) is 0 Å². The minimum Gasteiger partial charge on any atom is -0.394 e. The average Bonchev–Trinajstić information content (AvgIpc) is 2.24. The number of anilines is 1. The summed E-state index contributed by atoms with van der Waals surface area (Å²) in [6, 6.07) is -0.751. The van der Waals surface area contributed by atoms with Crippen LogP contribution >= 0.6 is 11.6 Å². The Hall–Kier alpha value is -1.51. The minimum atomic E-state index is -0.751. The molecule has 1 aromatic rings. The second-order valence-electron chi connectivity index (χ2n) is 3.24. The number of nitrogens with zero attached hydrogens (tertiary/aromatic N) is 3. The Bertz CT molecular complexity index is 424. The fourth-order valence-corrected chi connectivity index (χ4v) is 1.41. The van der Waals surface area contributed by atoms with Gasteiger partial charge in [-0.3, -0.25) is 10.1 Å². The quantitative estimate of drug-likeness (QED) is 0.391. The second-order valence-corrected chi connectivity index (χ2v) is 3.58. The number of hydrogen-bond donors (Lipinski definition) is 3. The maximum absolute atomic E-state index is 10.8. The van der Waals surface area contributed by atoms with Gasteiger partial charge in [-0.05, 0) is 18.5 Å². The van der Waals surface area contributed by atoms with Gasteiger partial charge in [-0.1, -0.05) is 0 Å². The van der Waals surface area contributed by atoms with E-state index in [0.29, 0.717) is 0 Å². The molecule has 8 nitrogen and oxygen atoms in total. The predicted octanol–water partition coefficient (Wildman–Crippen LogP) is 0.112. The topological polar surface area (TPSA) is 121 Å². The molecule has 17 heavy (non-hydrogen) atoms. The smallest absolute Gasteiger partial charge is 0.332 e. The van der Waals surface area contributed by atoms with Gasteiger partial charge in [0, 0.05) is 0 Å². The van der Waals surface area contributed by atoms with E-state index in [9.17, 15) is 10.1 Å². The van der Waals surface area contributed by atoms with Crippen LogP contribution in [-0.4, -0.2) is 44.4 Å². The Labute approximate surface area is 101 Å². The summed E-state index contributed by atoms with van der Waals surface area (Å²) < 4.78 is 0. The van der Waals surface area contributed by atoms with Crippen molar-refractivity contribution in [3.05, 3.63) is 21.1 Å². The van der Waals surface area contributed by atoms with Crippen LogP contribution in [0, 0.1) is 17.0 Å². The highest BCUT2D eigenvalue weighted by Crippen LogP contribution is 2.26. The van der Waals surface area contributed by atoms with Crippen LogP contribution in [0.1, 0.15) is 5.69 Å². The van der Waals surface area contributed by atoms with Gasteiger partial charge >= 0.3 is 5.69 Å². The highest BCUT2D eigenvalue weighted by atomic mass is 35.5. The summed E-state index contributed by atoms with van der Waals surface area (Å²) in [5, 5.41) is 31.0. The number of halogens is 1. The molecule has 0 fully saturated rings. The molecule has 0 saturated carbocycles. The van der Waals surface area contributed by atoms with Gasteiger partial charge < -0.3 is 15.5 Å². The highest BCUT2D eigenvalue weighted by Gasteiger charge is 2.23. The summed E-state index contributed by atoms with van der Waals surface area (Å²) in [4.78, 5) is 17.5. The van der Waals surface area contributed by atoms with Gasteiger partial charge in [0.25, 0.3) is 0 Å². The van der Waals surface area contributed by atoms with Crippen molar-refractivity contribution in [2.24, 2.45) is 0 Å². The van der Waals surface area contributed by atoms with Crippen LogP contribution in [0.5, 0.6) is 0 Å². The van der Waals surface area contributed by atoms with E-state index in [1.165, 1.54) is 6.92 Å². The zero-order valence-electron chi connectivity index (χ0n) is 8.92. The van der Waals surface area contributed by atoms with E-state index in [1.807, 2.05) is 0 Å². The third kappa shape index (κ3) is 3.22. The largest absolute Gasteiger partial charge is 0.394 e. The number of hydrogen-bond acceptors (Lipinski definition) is 7. The molecular weight excluding hydrogens is 252 g/mol. The van der Waals surface area contributed by atoms with E-state index in [2.05, 4.69) is 15.3 Å². The first-order valence-electron chi connectivity index (χ1n) is 4.66. The van der Waals surface area contributed by atoms with Crippen LogP contribution in [-0.2, 0) is 0 Å². The molecule has 0 atom stereocenters. The normalized spacial score (nSPS) is 10.6. The Morgan fingerprint density at radius 1 is 1.47 bits per heavy atom. The third-order valence-corrected chi connectivity index (χ3v) is 2.16. The van der Waals surface area contributed by atoms with Crippen molar-refractivity contribution in [3.8, 4) is 0 Å². The van der Waals surface area contributed by atoms with Gasteiger partial charge in [0.15, 0.2) is 0 Å². The molecule has 0 aromatic carbocycles. The molecule has 1 rings (SSSR count). The minimum absolute atomic E-state index is 0.104. The monoisotopic (exact) mass is 262 g/mol. The van der Waals surface area contributed by atoms with Crippen LogP contribution < -0.4 is 5.32 Å². The fourth-order valence-electron chi connectivity index (χ4n) is 1.19. The molecule has 0 radical (unpaired) electrons. The zero-order chi connectivity index (χ0) is 13.0. The van der Waals surface area contributed by atoms with Crippen molar-refractivity contribution < 1.29 is 15.1 Å². The molecule has 0 saturated heterocycles. The predicted molar refractivity (Wildman–Crippen MR) is 60.0 cm³/mol. The summed E-state index contributed by atoms with van der Waals surface area (Å²) in [5.41, 5.74) is -0.228. The number of nitro groups is 1. The standard InChI is InChI=1S/C8H11ClN4O4/c1-4-6(13(16)17)7(12-8(9)10-4)11-5(2-14)3-15/h5,14-15H,2-3H2,1H3,(H,10,11,12). The molecule has 0 unspecified atom stereocenters. The van der Waals surface area contributed by atoms with E-state index in [-0.39, 0.29) is 22.5 Å². The Balaban J connectivity index is 3.16. The molecule has 0 bridgehead atoms.